The van der Waals surface area contributed by atoms with Gasteiger partial charge in [-0.05, 0) is 26.7 Å². The van der Waals surface area contributed by atoms with Gasteiger partial charge in [-0.3, -0.25) is 4.79 Å². The zero-order valence-electron chi connectivity index (χ0n) is 7.06. The van der Waals surface area contributed by atoms with Gasteiger partial charge in [0, 0.05) is 6.54 Å². The summed E-state index contributed by atoms with van der Waals surface area (Å²) >= 11 is 0. The van der Waals surface area contributed by atoms with E-state index in [4.69, 9.17) is 0 Å². The second-order valence-corrected chi connectivity index (χ2v) is 2.87. The Morgan fingerprint density at radius 1 is 1.64 bits per heavy atom. The molecular formula is C8H13NO2. The Bertz CT molecular complexity index is 192. The Hall–Kier alpha value is -1.01. The molecule has 0 aromatic carbocycles. The van der Waals surface area contributed by atoms with Crippen molar-refractivity contribution in [2.45, 2.75) is 26.4 Å². The molecule has 0 aliphatic heterocycles. The van der Waals surface area contributed by atoms with E-state index in [1.807, 2.05) is 0 Å². The minimum Gasteiger partial charge on any atom is -0.389 e. The monoisotopic (exact) mass is 155 g/mol. The fourth-order valence-corrected chi connectivity index (χ4v) is 0.454. The topological polar surface area (TPSA) is 49.3 Å². The molecule has 0 heterocycles. The highest BCUT2D eigenvalue weighted by Gasteiger charge is 2.12. The van der Waals surface area contributed by atoms with Crippen molar-refractivity contribution in [3.05, 3.63) is 0 Å². The van der Waals surface area contributed by atoms with Crippen LogP contribution in [0, 0.1) is 11.8 Å². The molecule has 0 bridgehead atoms. The van der Waals surface area contributed by atoms with Gasteiger partial charge in [0.25, 0.3) is 5.91 Å². The fraction of sp³-hybridized carbons (Fsp3) is 0.625. The van der Waals surface area contributed by atoms with Crippen molar-refractivity contribution in [2.24, 2.45) is 0 Å². The van der Waals surface area contributed by atoms with Gasteiger partial charge in [-0.25, -0.2) is 0 Å². The maximum Gasteiger partial charge on any atom is 0.295 e. The molecule has 0 aromatic heterocycles. The summed E-state index contributed by atoms with van der Waals surface area (Å²) in [5.74, 6) is 4.41. The average molecular weight is 155 g/mol. The Morgan fingerprint density at radius 3 is 2.55 bits per heavy atom. The molecule has 1 amide bonds. The molecule has 0 fully saturated rings. The van der Waals surface area contributed by atoms with Crippen molar-refractivity contribution in [3.63, 3.8) is 0 Å². The first-order chi connectivity index (χ1) is 4.95. The molecular weight excluding hydrogens is 142 g/mol. The summed E-state index contributed by atoms with van der Waals surface area (Å²) in [5, 5.41) is 11.6. The van der Waals surface area contributed by atoms with Crippen molar-refractivity contribution in [1.82, 2.24) is 5.32 Å². The van der Waals surface area contributed by atoms with Crippen LogP contribution in [0.25, 0.3) is 0 Å². The maximum absolute atomic E-state index is 10.7. The van der Waals surface area contributed by atoms with Crippen LogP contribution < -0.4 is 5.32 Å². The van der Waals surface area contributed by atoms with Crippen molar-refractivity contribution < 1.29 is 9.90 Å². The quantitative estimate of drug-likeness (QED) is 0.547. The molecule has 0 aliphatic carbocycles. The van der Waals surface area contributed by atoms with Crippen LogP contribution in [-0.4, -0.2) is 23.2 Å². The summed E-state index contributed by atoms with van der Waals surface area (Å²) in [4.78, 5) is 10.7. The Kier molecular flexibility index (Phi) is 3.63. The van der Waals surface area contributed by atoms with Crippen LogP contribution in [0.15, 0.2) is 0 Å². The lowest BCUT2D eigenvalue weighted by Gasteiger charge is -2.15. The third-order valence-corrected chi connectivity index (χ3v) is 0.920. The molecule has 0 saturated carbocycles. The summed E-state index contributed by atoms with van der Waals surface area (Å²) < 4.78 is 0. The fourth-order valence-electron chi connectivity index (χ4n) is 0.454. The molecule has 2 N–H and O–H groups in total. The van der Waals surface area contributed by atoms with Crippen LogP contribution in [0.3, 0.4) is 0 Å². The van der Waals surface area contributed by atoms with Gasteiger partial charge < -0.3 is 10.4 Å². The third-order valence-electron chi connectivity index (χ3n) is 0.920. The summed E-state index contributed by atoms with van der Waals surface area (Å²) in [5.41, 5.74) is -0.870. The van der Waals surface area contributed by atoms with Gasteiger partial charge in [0.15, 0.2) is 0 Å². The number of carbonyl (C=O) groups is 1. The molecule has 0 saturated heterocycles. The number of hydrogen-bond acceptors (Lipinski definition) is 2. The van der Waals surface area contributed by atoms with Gasteiger partial charge in [-0.15, -0.1) is 0 Å². The van der Waals surface area contributed by atoms with E-state index in [0.29, 0.717) is 0 Å². The van der Waals surface area contributed by atoms with E-state index in [-0.39, 0.29) is 12.5 Å². The Labute approximate surface area is 66.8 Å². The number of rotatable bonds is 2. The zero-order valence-corrected chi connectivity index (χ0v) is 7.06. The highest BCUT2D eigenvalue weighted by atomic mass is 16.3. The highest BCUT2D eigenvalue weighted by Crippen LogP contribution is 1.96. The number of amides is 1. The number of nitrogens with one attached hydrogen (secondary N) is 1. The van der Waals surface area contributed by atoms with E-state index in [1.54, 1.807) is 20.8 Å². The first-order valence-corrected chi connectivity index (χ1v) is 3.38. The van der Waals surface area contributed by atoms with Crippen LogP contribution in [0.2, 0.25) is 0 Å². The number of hydrogen-bond donors (Lipinski definition) is 2. The molecule has 11 heavy (non-hydrogen) atoms. The first kappa shape index (κ1) is 9.99. The SMILES string of the molecule is CC#CC(=O)NCC(C)(C)O. The van der Waals surface area contributed by atoms with Gasteiger partial charge in [-0.2, -0.15) is 0 Å². The Balaban J connectivity index is 3.69. The lowest BCUT2D eigenvalue weighted by Crippen LogP contribution is -2.37. The van der Waals surface area contributed by atoms with Crippen molar-refractivity contribution >= 4 is 5.91 Å². The van der Waals surface area contributed by atoms with Crippen LogP contribution >= 0.6 is 0 Å². The van der Waals surface area contributed by atoms with Gasteiger partial charge in [-0.1, -0.05) is 5.92 Å². The lowest BCUT2D eigenvalue weighted by atomic mass is 10.1. The molecule has 0 aliphatic rings. The second kappa shape index (κ2) is 3.99. The van der Waals surface area contributed by atoms with Gasteiger partial charge >= 0.3 is 0 Å². The maximum atomic E-state index is 10.7. The molecule has 0 rings (SSSR count). The summed E-state index contributed by atoms with van der Waals surface area (Å²) in [6.07, 6.45) is 0. The Morgan fingerprint density at radius 2 is 2.18 bits per heavy atom. The van der Waals surface area contributed by atoms with E-state index in [2.05, 4.69) is 17.2 Å². The molecule has 0 aromatic rings. The van der Waals surface area contributed by atoms with Crippen LogP contribution in [0.1, 0.15) is 20.8 Å². The van der Waals surface area contributed by atoms with Gasteiger partial charge in [0.05, 0.1) is 5.60 Å². The number of aliphatic hydroxyl groups is 1. The van der Waals surface area contributed by atoms with Crippen molar-refractivity contribution in [1.29, 1.82) is 0 Å². The number of carbonyl (C=O) groups excluding carboxylic acids is 1. The van der Waals surface area contributed by atoms with Crippen LogP contribution in [0.4, 0.5) is 0 Å². The lowest BCUT2D eigenvalue weighted by molar-refractivity contribution is -0.116. The third kappa shape index (κ3) is 6.88. The van der Waals surface area contributed by atoms with E-state index in [0.717, 1.165) is 0 Å². The van der Waals surface area contributed by atoms with E-state index in [9.17, 15) is 9.90 Å². The van der Waals surface area contributed by atoms with E-state index < -0.39 is 5.60 Å². The second-order valence-electron chi connectivity index (χ2n) is 2.87. The summed E-state index contributed by atoms with van der Waals surface area (Å²) in [6, 6.07) is 0. The van der Waals surface area contributed by atoms with Crippen molar-refractivity contribution in [3.8, 4) is 11.8 Å². The molecule has 62 valence electrons. The minimum atomic E-state index is -0.870. The standard InChI is InChI=1S/C8H13NO2/c1-4-5-7(10)9-6-8(2,3)11/h11H,6H2,1-3H3,(H,9,10). The highest BCUT2D eigenvalue weighted by molar-refractivity contribution is 5.93. The predicted molar refractivity (Wildman–Crippen MR) is 42.8 cm³/mol. The molecule has 0 radical (unpaired) electrons. The van der Waals surface area contributed by atoms with Gasteiger partial charge in [0.2, 0.25) is 0 Å². The smallest absolute Gasteiger partial charge is 0.295 e. The molecule has 0 unspecified atom stereocenters. The normalized spacial score (nSPS) is 9.82. The molecule has 0 spiro atoms. The average Bonchev–Trinajstić information content (AvgIpc) is 1.83. The predicted octanol–water partition coefficient (Wildman–Crippen LogP) is -0.103. The summed E-state index contributed by atoms with van der Waals surface area (Å²) in [6.45, 7) is 5.05. The van der Waals surface area contributed by atoms with Crippen LogP contribution in [-0.2, 0) is 4.79 Å². The van der Waals surface area contributed by atoms with Gasteiger partial charge in [0.1, 0.15) is 0 Å². The van der Waals surface area contributed by atoms with E-state index >= 15 is 0 Å². The first-order valence-electron chi connectivity index (χ1n) is 3.38. The molecule has 3 heteroatoms. The largest absolute Gasteiger partial charge is 0.389 e. The molecule has 0 atom stereocenters. The zero-order chi connectivity index (χ0) is 8.91. The van der Waals surface area contributed by atoms with E-state index in [1.165, 1.54) is 0 Å². The van der Waals surface area contributed by atoms with Crippen LogP contribution in [0.5, 0.6) is 0 Å². The minimum absolute atomic E-state index is 0.223. The van der Waals surface area contributed by atoms with Crippen molar-refractivity contribution in [2.75, 3.05) is 6.54 Å². The molecule has 3 nitrogen and oxygen atoms in total. The summed E-state index contributed by atoms with van der Waals surface area (Å²) in [7, 11) is 0.